The number of hydrogen-bond acceptors (Lipinski definition) is 1. The first kappa shape index (κ1) is 12.8. The van der Waals surface area contributed by atoms with E-state index < -0.39 is 0 Å². The molecule has 1 aromatic carbocycles. The highest BCUT2D eigenvalue weighted by Crippen LogP contribution is 2.31. The molecule has 0 saturated heterocycles. The molecule has 1 nitrogen and oxygen atoms in total. The van der Waals surface area contributed by atoms with Gasteiger partial charge < -0.3 is 5.32 Å². The van der Waals surface area contributed by atoms with Gasteiger partial charge in [-0.1, -0.05) is 50.0 Å². The minimum atomic E-state index is 0.0255. The zero-order valence-electron chi connectivity index (χ0n) is 9.40. The average molecular weight is 246 g/mol. The molecule has 0 amide bonds. The first-order chi connectivity index (χ1) is 6.97. The van der Waals surface area contributed by atoms with E-state index >= 15 is 0 Å². The predicted octanol–water partition coefficient (Wildman–Crippen LogP) is 3.88. The first-order valence-electron chi connectivity index (χ1n) is 5.13. The van der Waals surface area contributed by atoms with Gasteiger partial charge >= 0.3 is 0 Å². The van der Waals surface area contributed by atoms with Gasteiger partial charge in [-0.15, -0.1) is 0 Å². The van der Waals surface area contributed by atoms with E-state index in [0.29, 0.717) is 5.02 Å². The van der Waals surface area contributed by atoms with Crippen LogP contribution in [0.15, 0.2) is 18.2 Å². The van der Waals surface area contributed by atoms with Crippen molar-refractivity contribution < 1.29 is 0 Å². The van der Waals surface area contributed by atoms with Crippen molar-refractivity contribution in [1.82, 2.24) is 5.32 Å². The Morgan fingerprint density at radius 3 is 2.47 bits per heavy atom. The molecule has 0 aliphatic rings. The zero-order valence-corrected chi connectivity index (χ0v) is 10.9. The lowest BCUT2D eigenvalue weighted by Crippen LogP contribution is -2.33. The maximum atomic E-state index is 6.18. The van der Waals surface area contributed by atoms with Crippen molar-refractivity contribution in [2.24, 2.45) is 0 Å². The van der Waals surface area contributed by atoms with Crippen molar-refractivity contribution in [2.45, 2.75) is 26.2 Å². The van der Waals surface area contributed by atoms with E-state index in [2.05, 4.69) is 26.1 Å². The highest BCUT2D eigenvalue weighted by molar-refractivity contribution is 6.35. The number of nitrogens with one attached hydrogen (secondary N) is 1. The molecule has 15 heavy (non-hydrogen) atoms. The van der Waals surface area contributed by atoms with Crippen LogP contribution in [0.2, 0.25) is 10.0 Å². The van der Waals surface area contributed by atoms with Gasteiger partial charge in [0.2, 0.25) is 0 Å². The normalized spacial score (nSPS) is 11.8. The topological polar surface area (TPSA) is 12.0 Å². The molecule has 0 aromatic heterocycles. The van der Waals surface area contributed by atoms with Gasteiger partial charge in [0.25, 0.3) is 0 Å². The third-order valence-corrected chi connectivity index (χ3v) is 3.03. The van der Waals surface area contributed by atoms with Crippen LogP contribution in [0.5, 0.6) is 0 Å². The number of likely N-dealkylation sites (N-methyl/N-ethyl adjacent to an activating group) is 1. The molecule has 0 unspecified atom stereocenters. The number of halogens is 2. The lowest BCUT2D eigenvalue weighted by Gasteiger charge is -2.26. The molecule has 0 fully saturated rings. The Morgan fingerprint density at radius 1 is 1.27 bits per heavy atom. The summed E-state index contributed by atoms with van der Waals surface area (Å²) in [7, 11) is 0. The molecule has 0 heterocycles. The second-order valence-corrected chi connectivity index (χ2v) is 5.13. The van der Waals surface area contributed by atoms with Crippen molar-refractivity contribution in [3.8, 4) is 0 Å². The van der Waals surface area contributed by atoms with Gasteiger partial charge in [0.05, 0.1) is 0 Å². The molecule has 84 valence electrons. The lowest BCUT2D eigenvalue weighted by molar-refractivity contribution is 0.478. The summed E-state index contributed by atoms with van der Waals surface area (Å²) >= 11 is 12.1. The second-order valence-electron chi connectivity index (χ2n) is 4.29. The van der Waals surface area contributed by atoms with Crippen LogP contribution in [0, 0.1) is 0 Å². The van der Waals surface area contributed by atoms with E-state index in [9.17, 15) is 0 Å². The van der Waals surface area contributed by atoms with E-state index in [1.54, 1.807) is 6.07 Å². The summed E-state index contributed by atoms with van der Waals surface area (Å²) in [6.45, 7) is 8.31. The molecule has 1 aromatic rings. The minimum Gasteiger partial charge on any atom is -0.316 e. The highest BCUT2D eigenvalue weighted by Gasteiger charge is 2.22. The summed E-state index contributed by atoms with van der Waals surface area (Å²) in [6.07, 6.45) is 0. The molecule has 0 saturated carbocycles. The van der Waals surface area contributed by atoms with Crippen molar-refractivity contribution in [2.75, 3.05) is 13.1 Å². The van der Waals surface area contributed by atoms with Crippen LogP contribution in [0.4, 0.5) is 0 Å². The molecule has 1 rings (SSSR count). The van der Waals surface area contributed by atoms with E-state index in [1.807, 2.05) is 12.1 Å². The quantitative estimate of drug-likeness (QED) is 0.850. The van der Waals surface area contributed by atoms with Gasteiger partial charge in [0, 0.05) is 22.0 Å². The highest BCUT2D eigenvalue weighted by atomic mass is 35.5. The molecule has 0 aliphatic heterocycles. The molecular formula is C12H17Cl2N. The standard InChI is InChI=1S/C12H17Cl2N/c1-4-15-8-12(2,3)10-6-5-9(13)7-11(10)14/h5-7,15H,4,8H2,1-3H3. The Morgan fingerprint density at radius 2 is 1.93 bits per heavy atom. The van der Waals surface area contributed by atoms with Crippen molar-refractivity contribution in [1.29, 1.82) is 0 Å². The maximum Gasteiger partial charge on any atom is 0.0458 e. The van der Waals surface area contributed by atoms with Crippen LogP contribution in [0.25, 0.3) is 0 Å². The van der Waals surface area contributed by atoms with E-state index in [1.165, 1.54) is 0 Å². The minimum absolute atomic E-state index is 0.0255. The van der Waals surface area contributed by atoms with Gasteiger partial charge in [-0.2, -0.15) is 0 Å². The van der Waals surface area contributed by atoms with Crippen molar-refractivity contribution >= 4 is 23.2 Å². The molecule has 1 N–H and O–H groups in total. The number of rotatable bonds is 4. The van der Waals surface area contributed by atoms with Crippen LogP contribution < -0.4 is 5.32 Å². The summed E-state index contributed by atoms with van der Waals surface area (Å²) in [5.74, 6) is 0. The van der Waals surface area contributed by atoms with Gasteiger partial charge in [-0.3, -0.25) is 0 Å². The molecule has 0 spiro atoms. The van der Waals surface area contributed by atoms with Gasteiger partial charge in [0.1, 0.15) is 0 Å². The lowest BCUT2D eigenvalue weighted by atomic mass is 9.84. The molecule has 0 aliphatic carbocycles. The molecule has 3 heteroatoms. The maximum absolute atomic E-state index is 6.18. The number of hydrogen-bond donors (Lipinski definition) is 1. The van der Waals surface area contributed by atoms with E-state index in [-0.39, 0.29) is 5.41 Å². The summed E-state index contributed by atoms with van der Waals surface area (Å²) < 4.78 is 0. The monoisotopic (exact) mass is 245 g/mol. The first-order valence-corrected chi connectivity index (χ1v) is 5.89. The fraction of sp³-hybridized carbons (Fsp3) is 0.500. The molecule has 0 atom stereocenters. The Hall–Kier alpha value is -0.240. The molecular weight excluding hydrogens is 229 g/mol. The average Bonchev–Trinajstić information content (AvgIpc) is 2.14. The fourth-order valence-corrected chi connectivity index (χ4v) is 2.24. The van der Waals surface area contributed by atoms with E-state index in [0.717, 1.165) is 23.7 Å². The Labute approximate surface area is 102 Å². The molecule has 0 bridgehead atoms. The zero-order chi connectivity index (χ0) is 11.5. The number of benzene rings is 1. The largest absolute Gasteiger partial charge is 0.316 e. The van der Waals surface area contributed by atoms with Crippen LogP contribution in [0.1, 0.15) is 26.3 Å². The van der Waals surface area contributed by atoms with Crippen molar-refractivity contribution in [3.05, 3.63) is 33.8 Å². The SMILES string of the molecule is CCNCC(C)(C)c1ccc(Cl)cc1Cl. The fourth-order valence-electron chi connectivity index (χ4n) is 1.57. The van der Waals surface area contributed by atoms with Gasteiger partial charge in [-0.05, 0) is 24.2 Å². The third kappa shape index (κ3) is 3.37. The predicted molar refractivity (Wildman–Crippen MR) is 68.0 cm³/mol. The summed E-state index contributed by atoms with van der Waals surface area (Å²) in [4.78, 5) is 0. The van der Waals surface area contributed by atoms with Crippen molar-refractivity contribution in [3.63, 3.8) is 0 Å². The van der Waals surface area contributed by atoms with Gasteiger partial charge in [0.15, 0.2) is 0 Å². The van der Waals surface area contributed by atoms with Crippen LogP contribution in [0.3, 0.4) is 0 Å². The Kier molecular flexibility index (Phi) is 4.45. The van der Waals surface area contributed by atoms with Gasteiger partial charge in [-0.25, -0.2) is 0 Å². The molecule has 0 radical (unpaired) electrons. The smallest absolute Gasteiger partial charge is 0.0458 e. The van der Waals surface area contributed by atoms with Crippen LogP contribution in [-0.4, -0.2) is 13.1 Å². The Balaban J connectivity index is 2.93. The second kappa shape index (κ2) is 5.20. The summed E-state index contributed by atoms with van der Waals surface area (Å²) in [6, 6.07) is 5.69. The van der Waals surface area contributed by atoms with Crippen LogP contribution >= 0.6 is 23.2 Å². The van der Waals surface area contributed by atoms with Crippen LogP contribution in [-0.2, 0) is 5.41 Å². The van der Waals surface area contributed by atoms with E-state index in [4.69, 9.17) is 23.2 Å². The third-order valence-electron chi connectivity index (χ3n) is 2.48. The summed E-state index contributed by atoms with van der Waals surface area (Å²) in [5.41, 5.74) is 1.16. The Bertz CT molecular complexity index is 334. The summed E-state index contributed by atoms with van der Waals surface area (Å²) in [5, 5.41) is 4.76.